The van der Waals surface area contributed by atoms with E-state index in [1.807, 2.05) is 6.07 Å². The number of aromatic nitrogens is 2. The van der Waals surface area contributed by atoms with E-state index in [2.05, 4.69) is 25.9 Å². The molecule has 0 saturated heterocycles. The average Bonchev–Trinajstić information content (AvgIpc) is 3.31. The van der Waals surface area contributed by atoms with Gasteiger partial charge in [0.25, 0.3) is 5.91 Å². The van der Waals surface area contributed by atoms with Crippen molar-refractivity contribution in [2.24, 2.45) is 0 Å². The van der Waals surface area contributed by atoms with E-state index in [0.29, 0.717) is 33.6 Å². The second-order valence-corrected chi connectivity index (χ2v) is 9.10. The van der Waals surface area contributed by atoms with Gasteiger partial charge in [-0.2, -0.15) is 5.26 Å². The van der Waals surface area contributed by atoms with Crippen molar-refractivity contribution in [3.8, 4) is 17.2 Å². The summed E-state index contributed by atoms with van der Waals surface area (Å²) in [5.41, 5.74) is 3.28. The summed E-state index contributed by atoms with van der Waals surface area (Å²) in [6.07, 6.45) is 3.06. The number of benzene rings is 2. The monoisotopic (exact) mass is 540 g/mol. The van der Waals surface area contributed by atoms with Crippen LogP contribution in [0.4, 0.5) is 20.4 Å². The highest BCUT2D eigenvalue weighted by Crippen LogP contribution is 2.29. The van der Waals surface area contributed by atoms with Crippen LogP contribution in [0, 0.1) is 23.0 Å². The van der Waals surface area contributed by atoms with Crippen LogP contribution in [-0.2, 0) is 17.8 Å². The first-order valence-corrected chi connectivity index (χ1v) is 12.1. The van der Waals surface area contributed by atoms with E-state index >= 15 is 4.39 Å². The zero-order valence-electron chi connectivity index (χ0n) is 20.8. The van der Waals surface area contributed by atoms with Gasteiger partial charge in [0.05, 0.1) is 23.6 Å². The van der Waals surface area contributed by atoms with Crippen LogP contribution < -0.4 is 16.0 Å². The fourth-order valence-corrected chi connectivity index (χ4v) is 4.29. The van der Waals surface area contributed by atoms with Crippen LogP contribution >= 0.6 is 0 Å². The quantitative estimate of drug-likeness (QED) is 0.284. The van der Waals surface area contributed by atoms with Crippen molar-refractivity contribution in [3.63, 3.8) is 0 Å². The fraction of sp³-hybridized carbons (Fsp3) is 0.167. The molecule has 2 aromatic carbocycles. The largest absolute Gasteiger partial charge is 0.365 e. The highest BCUT2D eigenvalue weighted by molar-refractivity contribution is 5.99. The third-order valence-electron chi connectivity index (χ3n) is 6.36. The number of nitrogens with one attached hydrogen (secondary N) is 3. The molecule has 5 rings (SSSR count). The first kappa shape index (κ1) is 27.9. The fourth-order valence-electron chi connectivity index (χ4n) is 4.29. The van der Waals surface area contributed by atoms with Crippen molar-refractivity contribution in [1.82, 2.24) is 15.3 Å². The maximum Gasteiger partial charge on any atom is 0.255 e. The molecule has 40 heavy (non-hydrogen) atoms. The van der Waals surface area contributed by atoms with Crippen molar-refractivity contribution >= 4 is 23.5 Å². The molecule has 202 valence electrons. The van der Waals surface area contributed by atoms with E-state index in [-0.39, 0.29) is 49.1 Å². The number of rotatable bonds is 7. The minimum absolute atomic E-state index is 0. The maximum absolute atomic E-state index is 15.0. The SMILES string of the molecule is C.C[C@H](NC(=O)c1cc(C#N)cnc1NCc1ccc(-c2cnc3c(c2)CC(=O)N3)c(F)c1)c1ccc(F)cc1. The Labute approximate surface area is 230 Å². The van der Waals surface area contributed by atoms with Crippen LogP contribution in [0.2, 0.25) is 0 Å². The number of pyridine rings is 2. The molecule has 10 heteroatoms. The Morgan fingerprint density at radius 2 is 1.88 bits per heavy atom. The molecular weight excluding hydrogens is 514 g/mol. The van der Waals surface area contributed by atoms with E-state index in [9.17, 15) is 19.2 Å². The van der Waals surface area contributed by atoms with Crippen LogP contribution in [0.1, 0.15) is 53.0 Å². The molecule has 3 heterocycles. The second kappa shape index (κ2) is 11.7. The summed E-state index contributed by atoms with van der Waals surface area (Å²) in [6.45, 7) is 1.92. The van der Waals surface area contributed by atoms with E-state index in [1.54, 1.807) is 37.3 Å². The molecule has 0 aliphatic carbocycles. The summed E-state index contributed by atoms with van der Waals surface area (Å²) in [4.78, 5) is 33.1. The lowest BCUT2D eigenvalue weighted by Crippen LogP contribution is -2.28. The lowest BCUT2D eigenvalue weighted by Gasteiger charge is -2.17. The standard InChI is InChI=1S/C29H22F2N6O2.CH4/c1-16(19-3-5-22(30)6-4-19)36-29(39)24-8-18(12-32)14-34-28(24)33-13-17-2-7-23(25(31)9-17)21-10-20-11-26(38)37-27(20)35-15-21;/h2-10,14-16H,11,13H2,1H3,(H,33,34)(H,36,39)(H,35,37,38);1H4/t16-;/m0./s1. The van der Waals surface area contributed by atoms with Crippen molar-refractivity contribution in [3.05, 3.63) is 106 Å². The molecule has 0 radical (unpaired) electrons. The molecule has 0 spiro atoms. The third-order valence-corrected chi connectivity index (χ3v) is 6.36. The van der Waals surface area contributed by atoms with Gasteiger partial charge in [-0.1, -0.05) is 31.7 Å². The van der Waals surface area contributed by atoms with Crippen molar-refractivity contribution < 1.29 is 18.4 Å². The summed E-state index contributed by atoms with van der Waals surface area (Å²) in [7, 11) is 0. The Bertz CT molecular complexity index is 1630. The Hall–Kier alpha value is -5.17. The molecule has 1 aliphatic heterocycles. The van der Waals surface area contributed by atoms with Gasteiger partial charge in [0.1, 0.15) is 29.3 Å². The number of hydrogen-bond donors (Lipinski definition) is 3. The lowest BCUT2D eigenvalue weighted by molar-refractivity contribution is -0.115. The minimum atomic E-state index is -0.475. The number of nitrogens with zero attached hydrogens (tertiary/aromatic N) is 3. The first-order chi connectivity index (χ1) is 18.8. The van der Waals surface area contributed by atoms with Crippen molar-refractivity contribution in [1.29, 1.82) is 5.26 Å². The molecule has 8 nitrogen and oxygen atoms in total. The normalized spacial score (nSPS) is 12.4. The summed E-state index contributed by atoms with van der Waals surface area (Å²) >= 11 is 0. The summed E-state index contributed by atoms with van der Waals surface area (Å²) in [5.74, 6) is -0.748. The Balaban J connectivity index is 0.00000370. The van der Waals surface area contributed by atoms with Gasteiger partial charge < -0.3 is 16.0 Å². The number of nitriles is 1. The molecule has 3 N–H and O–H groups in total. The topological polar surface area (TPSA) is 120 Å². The van der Waals surface area contributed by atoms with E-state index in [4.69, 9.17) is 0 Å². The van der Waals surface area contributed by atoms with Gasteiger partial charge >= 0.3 is 0 Å². The summed E-state index contributed by atoms with van der Waals surface area (Å²) in [5, 5.41) is 17.8. The van der Waals surface area contributed by atoms with Crippen molar-refractivity contribution in [2.45, 2.75) is 33.4 Å². The van der Waals surface area contributed by atoms with Crippen LogP contribution in [0.25, 0.3) is 11.1 Å². The summed E-state index contributed by atoms with van der Waals surface area (Å²) < 4.78 is 28.3. The number of amides is 2. The van der Waals surface area contributed by atoms with E-state index in [0.717, 1.165) is 0 Å². The minimum Gasteiger partial charge on any atom is -0.365 e. The molecule has 1 atom stereocenters. The number of fused-ring (bicyclic) bond motifs is 1. The van der Waals surface area contributed by atoms with Gasteiger partial charge in [0.15, 0.2) is 0 Å². The third kappa shape index (κ3) is 5.94. The van der Waals surface area contributed by atoms with Crippen LogP contribution in [0.5, 0.6) is 0 Å². The molecule has 0 saturated carbocycles. The zero-order chi connectivity index (χ0) is 27.5. The smallest absolute Gasteiger partial charge is 0.255 e. The molecule has 0 fully saturated rings. The highest BCUT2D eigenvalue weighted by atomic mass is 19.1. The second-order valence-electron chi connectivity index (χ2n) is 9.10. The van der Waals surface area contributed by atoms with Gasteiger partial charge in [0.2, 0.25) is 5.91 Å². The predicted octanol–water partition coefficient (Wildman–Crippen LogP) is 5.53. The van der Waals surface area contributed by atoms with Crippen LogP contribution in [-0.4, -0.2) is 21.8 Å². The predicted molar refractivity (Wildman–Crippen MR) is 147 cm³/mol. The zero-order valence-corrected chi connectivity index (χ0v) is 20.8. The van der Waals surface area contributed by atoms with Crippen LogP contribution in [0.15, 0.2) is 67.0 Å². The molecule has 0 unspecified atom stereocenters. The molecular formula is C30H26F2N6O2. The number of carbonyl (C=O) groups is 2. The van der Waals surface area contributed by atoms with E-state index < -0.39 is 17.8 Å². The van der Waals surface area contributed by atoms with Gasteiger partial charge in [-0.25, -0.2) is 18.7 Å². The number of hydrogen-bond acceptors (Lipinski definition) is 6. The van der Waals surface area contributed by atoms with Crippen LogP contribution in [0.3, 0.4) is 0 Å². The van der Waals surface area contributed by atoms with Gasteiger partial charge in [-0.3, -0.25) is 9.59 Å². The summed E-state index contributed by atoms with van der Waals surface area (Å²) in [6, 6.07) is 15.2. The maximum atomic E-state index is 15.0. The molecule has 2 amide bonds. The van der Waals surface area contributed by atoms with Gasteiger partial charge in [-0.15, -0.1) is 0 Å². The molecule has 2 aromatic heterocycles. The van der Waals surface area contributed by atoms with Gasteiger partial charge in [0, 0.05) is 35.6 Å². The van der Waals surface area contributed by atoms with E-state index in [1.165, 1.54) is 36.7 Å². The molecule has 4 aromatic rings. The Morgan fingerprint density at radius 1 is 1.10 bits per heavy atom. The number of anilines is 2. The van der Waals surface area contributed by atoms with Crippen molar-refractivity contribution in [2.75, 3.05) is 10.6 Å². The first-order valence-electron chi connectivity index (χ1n) is 12.1. The number of carbonyl (C=O) groups excluding carboxylic acids is 2. The lowest BCUT2D eigenvalue weighted by atomic mass is 10.0. The number of halogens is 2. The Morgan fingerprint density at radius 3 is 2.60 bits per heavy atom. The molecule has 1 aliphatic rings. The highest BCUT2D eigenvalue weighted by Gasteiger charge is 2.21. The van der Waals surface area contributed by atoms with Gasteiger partial charge in [-0.05, 0) is 48.4 Å². The Kier molecular flexibility index (Phi) is 8.15. The molecule has 0 bridgehead atoms. The average molecular weight is 541 g/mol.